The lowest BCUT2D eigenvalue weighted by molar-refractivity contribution is 0.0636. The Hall–Kier alpha value is -2.22. The third kappa shape index (κ3) is 3.90. The Bertz CT molecular complexity index is 930. The molecular weight excluding hydrogens is 387 g/mol. The summed E-state index contributed by atoms with van der Waals surface area (Å²) in [5, 5.41) is 11.3. The van der Waals surface area contributed by atoms with Gasteiger partial charge in [-0.25, -0.2) is 4.98 Å². The maximum Gasteiger partial charge on any atom is 0.255 e. The van der Waals surface area contributed by atoms with Crippen molar-refractivity contribution in [1.82, 2.24) is 30.4 Å². The number of hydrogen-bond donors (Lipinski definition) is 2. The summed E-state index contributed by atoms with van der Waals surface area (Å²) >= 11 is 0. The second-order valence-electron chi connectivity index (χ2n) is 6.36. The molecule has 1 amide bonds. The Balaban J connectivity index is 0.00000131. The average Bonchev–Trinajstić information content (AvgIpc) is 3.02. The first-order valence-corrected chi connectivity index (χ1v) is 8.39. The van der Waals surface area contributed by atoms with Crippen LogP contribution in [0.1, 0.15) is 33.4 Å². The van der Waals surface area contributed by atoms with Gasteiger partial charge in [0.2, 0.25) is 0 Å². The third-order valence-corrected chi connectivity index (χ3v) is 4.64. The van der Waals surface area contributed by atoms with Crippen molar-refractivity contribution in [2.75, 3.05) is 19.6 Å². The summed E-state index contributed by atoms with van der Waals surface area (Å²) in [6, 6.07) is 5.74. The summed E-state index contributed by atoms with van der Waals surface area (Å²) in [6.45, 7) is 5.95. The molecule has 0 saturated carbocycles. The van der Waals surface area contributed by atoms with E-state index in [0.29, 0.717) is 17.8 Å². The van der Waals surface area contributed by atoms with Crippen molar-refractivity contribution in [2.24, 2.45) is 0 Å². The zero-order valence-corrected chi connectivity index (χ0v) is 16.7. The molecule has 7 nitrogen and oxygen atoms in total. The van der Waals surface area contributed by atoms with E-state index >= 15 is 0 Å². The highest BCUT2D eigenvalue weighted by atomic mass is 35.5. The molecule has 0 radical (unpaired) electrons. The van der Waals surface area contributed by atoms with Crippen molar-refractivity contribution in [2.45, 2.75) is 19.9 Å². The average molecular weight is 409 g/mol. The number of rotatable bonds is 2. The van der Waals surface area contributed by atoms with Gasteiger partial charge in [-0.3, -0.25) is 14.9 Å². The van der Waals surface area contributed by atoms with E-state index in [4.69, 9.17) is 0 Å². The number of H-pyrrole nitrogens is 1. The number of aromatic nitrogens is 4. The first-order chi connectivity index (χ1) is 12.1. The van der Waals surface area contributed by atoms with Crippen LogP contribution >= 0.6 is 24.8 Å². The van der Waals surface area contributed by atoms with Crippen molar-refractivity contribution >= 4 is 41.8 Å². The highest BCUT2D eigenvalue weighted by Crippen LogP contribution is 2.27. The molecule has 1 atom stereocenters. The second-order valence-corrected chi connectivity index (χ2v) is 6.36. The van der Waals surface area contributed by atoms with Crippen LogP contribution in [0.2, 0.25) is 0 Å². The molecule has 1 fully saturated rings. The van der Waals surface area contributed by atoms with Crippen LogP contribution in [0, 0.1) is 13.8 Å². The maximum atomic E-state index is 13.4. The summed E-state index contributed by atoms with van der Waals surface area (Å²) in [6.07, 6.45) is 3.57. The normalized spacial score (nSPS) is 16.5. The van der Waals surface area contributed by atoms with Gasteiger partial charge < -0.3 is 10.2 Å². The Kier molecular flexibility index (Phi) is 6.75. The Morgan fingerprint density at radius 1 is 1.30 bits per heavy atom. The van der Waals surface area contributed by atoms with Gasteiger partial charge in [0.05, 0.1) is 17.0 Å². The molecule has 1 unspecified atom stereocenters. The number of amides is 1. The molecule has 2 N–H and O–H groups in total. The van der Waals surface area contributed by atoms with Gasteiger partial charge in [0.1, 0.15) is 0 Å². The molecule has 0 aromatic carbocycles. The molecule has 0 spiro atoms. The molecule has 144 valence electrons. The molecule has 0 bridgehead atoms. The Morgan fingerprint density at radius 2 is 2.11 bits per heavy atom. The molecule has 4 heterocycles. The number of pyridine rings is 2. The predicted octanol–water partition coefficient (Wildman–Crippen LogP) is 2.60. The number of aryl methyl sites for hydroxylation is 2. The fourth-order valence-corrected chi connectivity index (χ4v) is 3.44. The lowest BCUT2D eigenvalue weighted by Crippen LogP contribution is -2.48. The molecule has 1 saturated heterocycles. The highest BCUT2D eigenvalue weighted by Gasteiger charge is 2.30. The van der Waals surface area contributed by atoms with Crippen LogP contribution in [0.3, 0.4) is 0 Å². The van der Waals surface area contributed by atoms with Crippen molar-refractivity contribution < 1.29 is 4.79 Å². The summed E-state index contributed by atoms with van der Waals surface area (Å²) in [4.78, 5) is 24.0. The van der Waals surface area contributed by atoms with Crippen LogP contribution in [0.5, 0.6) is 0 Å². The van der Waals surface area contributed by atoms with E-state index in [0.717, 1.165) is 35.4 Å². The van der Waals surface area contributed by atoms with E-state index in [1.165, 1.54) is 0 Å². The largest absolute Gasteiger partial charge is 0.329 e. The second kappa shape index (κ2) is 8.65. The topological polar surface area (TPSA) is 86.8 Å². The van der Waals surface area contributed by atoms with Crippen LogP contribution in [0.15, 0.2) is 30.6 Å². The number of fused-ring (bicyclic) bond motifs is 1. The summed E-state index contributed by atoms with van der Waals surface area (Å²) in [5.41, 5.74) is 3.93. The summed E-state index contributed by atoms with van der Waals surface area (Å²) < 4.78 is 0. The minimum Gasteiger partial charge on any atom is -0.329 e. The predicted molar refractivity (Wildman–Crippen MR) is 109 cm³/mol. The molecule has 1 aliphatic rings. The van der Waals surface area contributed by atoms with Crippen LogP contribution in [-0.2, 0) is 0 Å². The van der Waals surface area contributed by atoms with Crippen molar-refractivity contribution in [3.8, 4) is 0 Å². The van der Waals surface area contributed by atoms with Crippen LogP contribution in [0.25, 0.3) is 11.0 Å². The summed E-state index contributed by atoms with van der Waals surface area (Å²) in [5.74, 6) is 0.00959. The lowest BCUT2D eigenvalue weighted by atomic mass is 10.0. The Labute approximate surface area is 169 Å². The molecule has 3 aromatic rings. The minimum absolute atomic E-state index is 0. The van der Waals surface area contributed by atoms with Gasteiger partial charge in [-0.15, -0.1) is 24.8 Å². The number of nitrogens with zero attached hydrogens (tertiary/aromatic N) is 4. The van der Waals surface area contributed by atoms with Gasteiger partial charge in [-0.1, -0.05) is 6.07 Å². The van der Waals surface area contributed by atoms with E-state index in [-0.39, 0.29) is 36.8 Å². The van der Waals surface area contributed by atoms with E-state index in [2.05, 4.69) is 25.5 Å². The van der Waals surface area contributed by atoms with Crippen LogP contribution < -0.4 is 5.32 Å². The van der Waals surface area contributed by atoms with Gasteiger partial charge in [0, 0.05) is 43.4 Å². The first kappa shape index (κ1) is 21.1. The first-order valence-electron chi connectivity index (χ1n) is 8.39. The van der Waals surface area contributed by atoms with Crippen molar-refractivity contribution in [3.63, 3.8) is 0 Å². The van der Waals surface area contributed by atoms with E-state index in [1.807, 2.05) is 43.1 Å². The Morgan fingerprint density at radius 3 is 2.85 bits per heavy atom. The highest BCUT2D eigenvalue weighted by molar-refractivity contribution is 6.06. The molecule has 0 aliphatic carbocycles. The standard InChI is InChI=1S/C18H20N6O.2ClH/c1-11-8-14(16-12(2)22-23-17(16)21-11)18(25)24-7-6-20-10-15(24)13-4-3-5-19-9-13;;/h3-5,8-9,15,20H,6-7,10H2,1-2H3,(H,21,22,23);2*1H. The number of hydrogen-bond acceptors (Lipinski definition) is 5. The minimum atomic E-state index is -0.0364. The van der Waals surface area contributed by atoms with Crippen LogP contribution in [0.4, 0.5) is 0 Å². The molecular formula is C18H22Cl2N6O. The number of carbonyl (C=O) groups is 1. The molecule has 27 heavy (non-hydrogen) atoms. The molecule has 4 rings (SSSR count). The van der Waals surface area contributed by atoms with E-state index < -0.39 is 0 Å². The molecule has 1 aliphatic heterocycles. The third-order valence-electron chi connectivity index (χ3n) is 4.64. The molecule has 3 aromatic heterocycles. The monoisotopic (exact) mass is 408 g/mol. The van der Waals surface area contributed by atoms with Gasteiger partial charge in [0.15, 0.2) is 5.65 Å². The van der Waals surface area contributed by atoms with Gasteiger partial charge in [-0.05, 0) is 31.5 Å². The van der Waals surface area contributed by atoms with Gasteiger partial charge in [-0.2, -0.15) is 5.10 Å². The van der Waals surface area contributed by atoms with Gasteiger partial charge in [0.25, 0.3) is 5.91 Å². The fraction of sp³-hybridized carbons (Fsp3) is 0.333. The smallest absolute Gasteiger partial charge is 0.255 e. The van der Waals surface area contributed by atoms with E-state index in [1.54, 1.807) is 6.20 Å². The number of aromatic amines is 1. The zero-order valence-electron chi connectivity index (χ0n) is 15.1. The number of nitrogens with one attached hydrogen (secondary N) is 2. The number of halogens is 2. The number of piperazine rings is 1. The van der Waals surface area contributed by atoms with Crippen molar-refractivity contribution in [1.29, 1.82) is 0 Å². The van der Waals surface area contributed by atoms with Crippen LogP contribution in [-0.4, -0.2) is 50.6 Å². The SMILES string of the molecule is Cc1cc(C(=O)N2CCNCC2c2cccnc2)c2c(C)[nH]nc2n1.Cl.Cl. The van der Waals surface area contributed by atoms with E-state index in [9.17, 15) is 4.79 Å². The van der Waals surface area contributed by atoms with Crippen molar-refractivity contribution in [3.05, 3.63) is 53.1 Å². The maximum absolute atomic E-state index is 13.4. The zero-order chi connectivity index (χ0) is 17.4. The quantitative estimate of drug-likeness (QED) is 0.680. The summed E-state index contributed by atoms with van der Waals surface area (Å²) in [7, 11) is 0. The fourth-order valence-electron chi connectivity index (χ4n) is 3.44. The molecule has 9 heteroatoms. The lowest BCUT2D eigenvalue weighted by Gasteiger charge is -2.36. The van der Waals surface area contributed by atoms with Gasteiger partial charge >= 0.3 is 0 Å². The number of carbonyl (C=O) groups excluding carboxylic acids is 1.